The summed E-state index contributed by atoms with van der Waals surface area (Å²) in [6.07, 6.45) is 0. The Bertz CT molecular complexity index is 4460. The van der Waals surface area contributed by atoms with Gasteiger partial charge < -0.3 is 9.31 Å². The van der Waals surface area contributed by atoms with Gasteiger partial charge in [-0.05, 0) is 132 Å². The van der Waals surface area contributed by atoms with Crippen molar-refractivity contribution in [2.24, 2.45) is 0 Å². The van der Waals surface area contributed by atoms with Gasteiger partial charge in [0.2, 0.25) is 0 Å². The highest BCUT2D eigenvalue weighted by Gasteiger charge is 2.51. The number of fused-ring (bicyclic) bond motifs is 16. The lowest BCUT2D eigenvalue weighted by Gasteiger charge is -2.32. The van der Waals surface area contributed by atoms with Crippen molar-refractivity contribution in [3.05, 3.63) is 247 Å². The first kappa shape index (κ1) is 47.3. The molecule has 0 atom stereocenters. The van der Waals surface area contributed by atoms with Gasteiger partial charge >= 0.3 is 7.12 Å². The van der Waals surface area contributed by atoms with Gasteiger partial charge in [0.1, 0.15) is 11.3 Å². The number of halogens is 1. The monoisotopic (exact) mass is 1050 g/mol. The predicted molar refractivity (Wildman–Crippen MR) is 322 cm³/mol. The van der Waals surface area contributed by atoms with E-state index in [9.17, 15) is 0 Å². The molecular formula is C68H52BBrN4O2. The molecule has 1 saturated heterocycles. The zero-order valence-electron chi connectivity index (χ0n) is 42.7. The van der Waals surface area contributed by atoms with Crippen LogP contribution in [0, 0.1) is 0 Å². The van der Waals surface area contributed by atoms with E-state index >= 15 is 0 Å². The number of rotatable bonds is 4. The van der Waals surface area contributed by atoms with Crippen LogP contribution in [0.15, 0.2) is 247 Å². The Kier molecular flexibility index (Phi) is 11.9. The van der Waals surface area contributed by atoms with E-state index in [2.05, 4.69) is 283 Å². The molecular weight excluding hydrogens is 995 g/mol. The van der Waals surface area contributed by atoms with Crippen molar-refractivity contribution in [3.63, 3.8) is 0 Å². The smallest absolute Gasteiger partial charge is 0.399 e. The van der Waals surface area contributed by atoms with E-state index in [1.807, 2.05) is 12.1 Å². The fourth-order valence-electron chi connectivity index (χ4n) is 10.7. The van der Waals surface area contributed by atoms with Crippen LogP contribution in [0.25, 0.3) is 110 Å². The van der Waals surface area contributed by atoms with E-state index in [0.717, 1.165) is 54.2 Å². The molecule has 5 heterocycles. The number of benzene rings is 10. The number of hydrogen-bond acceptors (Lipinski definition) is 4. The van der Waals surface area contributed by atoms with Crippen LogP contribution in [0.4, 0.5) is 0 Å². The Morgan fingerprint density at radius 2 is 0.711 bits per heavy atom. The second kappa shape index (κ2) is 19.1. The average Bonchev–Trinajstić information content (AvgIpc) is 4.27. The Balaban J connectivity index is 0.000000119. The topological polar surface area (TPSA) is 53.1 Å². The highest BCUT2D eigenvalue weighted by atomic mass is 79.9. The first-order valence-electron chi connectivity index (χ1n) is 25.8. The summed E-state index contributed by atoms with van der Waals surface area (Å²) in [5, 5.41) is 7.16. The van der Waals surface area contributed by atoms with Crippen LogP contribution >= 0.6 is 15.9 Å². The van der Waals surface area contributed by atoms with Gasteiger partial charge in [-0.15, -0.1) is 0 Å². The molecule has 0 N–H and O–H groups in total. The number of para-hydroxylation sites is 6. The molecule has 0 amide bonds. The van der Waals surface area contributed by atoms with Gasteiger partial charge in [-0.3, -0.25) is 8.80 Å². The molecule has 10 aromatic carbocycles. The third kappa shape index (κ3) is 8.39. The lowest BCUT2D eigenvalue weighted by Crippen LogP contribution is -2.41. The largest absolute Gasteiger partial charge is 0.494 e. The molecule has 1 aliphatic rings. The number of nitrogens with zero attached hydrogens (tertiary/aromatic N) is 4. The van der Waals surface area contributed by atoms with Crippen molar-refractivity contribution >= 4 is 105 Å². The standard InChI is InChI=1S/C31H20N2.C25H23BN2O2.C12H9Br/c1-2-8-21(9-3-1)22-14-16-23(17-15-22)24-18-19-25-26-10-4-6-12-29(26)33-30-13-7-5-11-28(30)32-31(33)27(25)20-24;1-24(2)25(3,4)30-26(29-24)16-13-14-17-18-9-5-7-11-21(18)28-22-12-8-6-10-20(22)27-23(28)19(17)15-16;13-12-8-6-11(7-9-12)10-4-2-1-3-5-10/h1-20H;5-15H,1-4H3;1-9H. The molecule has 0 aliphatic carbocycles. The lowest BCUT2D eigenvalue weighted by molar-refractivity contribution is 0.00578. The van der Waals surface area contributed by atoms with E-state index < -0.39 is 7.12 Å². The minimum atomic E-state index is -0.393. The second-order valence-corrected chi connectivity index (χ2v) is 21.4. The Hall–Kier alpha value is -8.40. The third-order valence-electron chi connectivity index (χ3n) is 15.3. The molecule has 0 bridgehead atoms. The van der Waals surface area contributed by atoms with Gasteiger partial charge in [-0.1, -0.05) is 204 Å². The average molecular weight is 1050 g/mol. The van der Waals surface area contributed by atoms with Gasteiger partial charge in [0.15, 0.2) is 0 Å². The zero-order valence-corrected chi connectivity index (χ0v) is 44.2. The predicted octanol–water partition coefficient (Wildman–Crippen LogP) is 17.3. The van der Waals surface area contributed by atoms with Crippen LogP contribution in [-0.4, -0.2) is 37.1 Å². The normalized spacial score (nSPS) is 13.9. The van der Waals surface area contributed by atoms with Crippen LogP contribution in [-0.2, 0) is 9.31 Å². The summed E-state index contributed by atoms with van der Waals surface area (Å²) >= 11 is 3.42. The fourth-order valence-corrected chi connectivity index (χ4v) is 11.0. The molecule has 0 radical (unpaired) electrons. The summed E-state index contributed by atoms with van der Waals surface area (Å²) in [7, 11) is -0.393. The molecule has 15 rings (SSSR count). The van der Waals surface area contributed by atoms with Crippen molar-refractivity contribution in [2.45, 2.75) is 38.9 Å². The molecule has 366 valence electrons. The van der Waals surface area contributed by atoms with E-state index in [1.165, 1.54) is 65.8 Å². The number of hydrogen-bond donors (Lipinski definition) is 0. The lowest BCUT2D eigenvalue weighted by atomic mass is 9.78. The Morgan fingerprint density at radius 3 is 1.21 bits per heavy atom. The van der Waals surface area contributed by atoms with Crippen molar-refractivity contribution < 1.29 is 9.31 Å². The Morgan fingerprint density at radius 1 is 0.342 bits per heavy atom. The van der Waals surface area contributed by atoms with E-state index in [4.69, 9.17) is 19.3 Å². The molecule has 8 heteroatoms. The maximum absolute atomic E-state index is 6.31. The van der Waals surface area contributed by atoms with Crippen LogP contribution in [0.1, 0.15) is 27.7 Å². The molecule has 76 heavy (non-hydrogen) atoms. The molecule has 14 aromatic rings. The number of imidazole rings is 2. The molecule has 0 spiro atoms. The van der Waals surface area contributed by atoms with Gasteiger partial charge in [0, 0.05) is 26.0 Å². The van der Waals surface area contributed by atoms with Crippen LogP contribution in [0.2, 0.25) is 0 Å². The van der Waals surface area contributed by atoms with Gasteiger partial charge in [-0.2, -0.15) is 0 Å². The van der Waals surface area contributed by atoms with Gasteiger partial charge in [0.25, 0.3) is 0 Å². The second-order valence-electron chi connectivity index (χ2n) is 20.5. The van der Waals surface area contributed by atoms with Gasteiger partial charge in [-0.25, -0.2) is 9.97 Å². The molecule has 1 aliphatic heterocycles. The van der Waals surface area contributed by atoms with Crippen molar-refractivity contribution in [1.82, 2.24) is 18.8 Å². The summed E-state index contributed by atoms with van der Waals surface area (Å²) in [5.41, 5.74) is 16.3. The minimum Gasteiger partial charge on any atom is -0.399 e. The summed E-state index contributed by atoms with van der Waals surface area (Å²) in [5.74, 6) is 0. The zero-order chi connectivity index (χ0) is 51.5. The first-order chi connectivity index (χ1) is 37.1. The van der Waals surface area contributed by atoms with E-state index in [1.54, 1.807) is 0 Å². The first-order valence-corrected chi connectivity index (χ1v) is 26.6. The molecule has 6 nitrogen and oxygen atoms in total. The van der Waals surface area contributed by atoms with Crippen LogP contribution in [0.3, 0.4) is 0 Å². The van der Waals surface area contributed by atoms with Crippen molar-refractivity contribution in [3.8, 4) is 33.4 Å². The van der Waals surface area contributed by atoms with Gasteiger partial charge in [0.05, 0.1) is 44.3 Å². The summed E-state index contributed by atoms with van der Waals surface area (Å²) in [4.78, 5) is 10.0. The van der Waals surface area contributed by atoms with E-state index in [0.29, 0.717) is 0 Å². The van der Waals surface area contributed by atoms with Crippen LogP contribution in [0.5, 0.6) is 0 Å². The highest BCUT2D eigenvalue weighted by molar-refractivity contribution is 9.10. The SMILES string of the molecule is Brc1ccc(-c2ccccc2)cc1.CC1(C)OB(c2ccc3c4ccccc4n4c5ccccc5nc4c3c2)OC1(C)C.c1ccc(-c2ccc(-c3ccc4c5ccccc5n5c6ccccc6nc5c4c3)cc2)cc1. The molecule has 0 unspecified atom stereocenters. The van der Waals surface area contributed by atoms with E-state index in [-0.39, 0.29) is 11.2 Å². The molecule has 4 aromatic heterocycles. The summed E-state index contributed by atoms with van der Waals surface area (Å²) in [6, 6.07) is 85.1. The maximum Gasteiger partial charge on any atom is 0.494 e. The highest BCUT2D eigenvalue weighted by Crippen LogP contribution is 2.39. The summed E-state index contributed by atoms with van der Waals surface area (Å²) in [6.45, 7) is 8.34. The molecule has 1 fully saturated rings. The van der Waals surface area contributed by atoms with Crippen LogP contribution < -0.4 is 5.46 Å². The van der Waals surface area contributed by atoms with Crippen molar-refractivity contribution in [2.75, 3.05) is 0 Å². The Labute approximate surface area is 450 Å². The minimum absolute atomic E-state index is 0.368. The summed E-state index contributed by atoms with van der Waals surface area (Å²) < 4.78 is 18.3. The number of pyridine rings is 2. The fraction of sp³-hybridized carbons (Fsp3) is 0.0882. The quantitative estimate of drug-likeness (QED) is 0.130. The molecule has 0 saturated carbocycles. The maximum atomic E-state index is 6.31. The third-order valence-corrected chi connectivity index (χ3v) is 15.9. The number of aromatic nitrogens is 4. The van der Waals surface area contributed by atoms with Crippen molar-refractivity contribution in [1.29, 1.82) is 0 Å².